The molecule has 7 nitrogen and oxygen atoms in total. The zero-order valence-corrected chi connectivity index (χ0v) is 8.64. The molecule has 0 saturated carbocycles. The summed E-state index contributed by atoms with van der Waals surface area (Å²) in [6.45, 7) is 1.92. The van der Waals surface area contributed by atoms with Gasteiger partial charge < -0.3 is 15.4 Å². The van der Waals surface area contributed by atoms with Crippen LogP contribution in [-0.4, -0.2) is 30.7 Å². The molecule has 0 radical (unpaired) electrons. The highest BCUT2D eigenvalue weighted by Gasteiger charge is 2.25. The monoisotopic (exact) mass is 221 g/mol. The van der Waals surface area contributed by atoms with E-state index in [-0.39, 0.29) is 11.6 Å². The van der Waals surface area contributed by atoms with Gasteiger partial charge in [-0.05, 0) is 6.92 Å². The van der Waals surface area contributed by atoms with Crippen LogP contribution >= 0.6 is 0 Å². The number of imidazole rings is 1. The summed E-state index contributed by atoms with van der Waals surface area (Å²) in [5, 5.41) is 12.9. The van der Waals surface area contributed by atoms with Crippen LogP contribution in [0.4, 0.5) is 5.95 Å². The van der Waals surface area contributed by atoms with Crippen molar-refractivity contribution in [3.8, 4) is 0 Å². The van der Waals surface area contributed by atoms with Crippen molar-refractivity contribution in [2.45, 2.75) is 25.6 Å². The first-order chi connectivity index (χ1) is 7.66. The summed E-state index contributed by atoms with van der Waals surface area (Å²) in [4.78, 5) is 22.8. The number of aromatic nitrogens is 4. The third-order valence-corrected chi connectivity index (χ3v) is 2.73. The Hall–Kier alpha value is -1.89. The molecule has 0 bridgehead atoms. The van der Waals surface area contributed by atoms with Gasteiger partial charge in [-0.25, -0.2) is 9.55 Å². The highest BCUT2D eigenvalue weighted by molar-refractivity contribution is 5.70. The highest BCUT2D eigenvalue weighted by atomic mass is 16.3. The second-order valence-corrected chi connectivity index (χ2v) is 3.97. The number of hydrogen-bond acceptors (Lipinski definition) is 5. The lowest BCUT2D eigenvalue weighted by atomic mass is 10.2. The Kier molecular flexibility index (Phi) is 1.78. The van der Waals surface area contributed by atoms with Gasteiger partial charge in [0.15, 0.2) is 11.2 Å². The van der Waals surface area contributed by atoms with Crippen molar-refractivity contribution >= 4 is 17.1 Å². The highest BCUT2D eigenvalue weighted by Crippen LogP contribution is 2.22. The van der Waals surface area contributed by atoms with Crippen LogP contribution in [0.25, 0.3) is 11.2 Å². The van der Waals surface area contributed by atoms with Gasteiger partial charge in [0, 0.05) is 12.5 Å². The minimum absolute atomic E-state index is 0.0818. The molecule has 3 rings (SSSR count). The average Bonchev–Trinajstić information content (AvgIpc) is 2.64. The fourth-order valence-corrected chi connectivity index (χ4v) is 1.98. The molecule has 3 N–H and O–H groups in total. The van der Waals surface area contributed by atoms with Gasteiger partial charge in [0.05, 0.1) is 6.33 Å². The molecule has 0 saturated heterocycles. The van der Waals surface area contributed by atoms with Gasteiger partial charge >= 0.3 is 0 Å². The summed E-state index contributed by atoms with van der Waals surface area (Å²) in [5.41, 5.74) is 0.383. The first-order valence-electron chi connectivity index (χ1n) is 5.07. The van der Waals surface area contributed by atoms with E-state index in [0.717, 1.165) is 0 Å². The number of H-pyrrole nitrogens is 1. The molecule has 0 aromatic carbocycles. The molecule has 2 atom stereocenters. The molecule has 1 aliphatic rings. The molecular weight excluding hydrogens is 210 g/mol. The molecule has 16 heavy (non-hydrogen) atoms. The van der Waals surface area contributed by atoms with Gasteiger partial charge in [0.1, 0.15) is 6.23 Å². The zero-order valence-electron chi connectivity index (χ0n) is 8.64. The van der Waals surface area contributed by atoms with E-state index in [0.29, 0.717) is 23.5 Å². The first-order valence-corrected chi connectivity index (χ1v) is 5.07. The quantitative estimate of drug-likeness (QED) is 0.573. The van der Waals surface area contributed by atoms with E-state index < -0.39 is 6.23 Å². The van der Waals surface area contributed by atoms with Crippen LogP contribution in [0.15, 0.2) is 11.1 Å². The van der Waals surface area contributed by atoms with Crippen molar-refractivity contribution in [3.63, 3.8) is 0 Å². The molecule has 2 aromatic heterocycles. The number of aromatic amines is 1. The molecule has 0 aliphatic carbocycles. The molecule has 7 heteroatoms. The largest absolute Gasteiger partial charge is 0.373 e. The van der Waals surface area contributed by atoms with Gasteiger partial charge in [-0.15, -0.1) is 0 Å². The summed E-state index contributed by atoms with van der Waals surface area (Å²) in [7, 11) is 0. The number of hydrogen-bond donors (Lipinski definition) is 3. The van der Waals surface area contributed by atoms with Crippen LogP contribution in [0.2, 0.25) is 0 Å². The Balaban J connectivity index is 2.35. The van der Waals surface area contributed by atoms with E-state index >= 15 is 0 Å². The van der Waals surface area contributed by atoms with Gasteiger partial charge in [0.25, 0.3) is 5.56 Å². The van der Waals surface area contributed by atoms with Crippen LogP contribution in [0.1, 0.15) is 19.6 Å². The van der Waals surface area contributed by atoms with E-state index in [1.807, 2.05) is 6.92 Å². The molecular formula is C9H11N5O2. The Bertz CT molecular complexity index is 601. The normalized spacial score (nSPS) is 24.1. The summed E-state index contributed by atoms with van der Waals surface area (Å²) >= 11 is 0. The second kappa shape index (κ2) is 3.05. The number of aliphatic hydroxyl groups excluding tert-OH is 1. The predicted octanol–water partition coefficient (Wildman–Crippen LogP) is -0.185. The van der Waals surface area contributed by atoms with Crippen molar-refractivity contribution in [1.29, 1.82) is 0 Å². The number of rotatable bonds is 0. The Morgan fingerprint density at radius 3 is 3.25 bits per heavy atom. The third-order valence-electron chi connectivity index (χ3n) is 2.73. The summed E-state index contributed by atoms with van der Waals surface area (Å²) < 4.78 is 1.25. The molecule has 84 valence electrons. The van der Waals surface area contributed by atoms with Gasteiger partial charge in [-0.3, -0.25) is 4.79 Å². The molecule has 1 aliphatic heterocycles. The maximum Gasteiger partial charge on any atom is 0.283 e. The minimum Gasteiger partial charge on any atom is -0.373 e. The van der Waals surface area contributed by atoms with E-state index in [1.165, 1.54) is 10.9 Å². The van der Waals surface area contributed by atoms with E-state index in [9.17, 15) is 9.90 Å². The Morgan fingerprint density at radius 1 is 1.62 bits per heavy atom. The molecule has 3 heterocycles. The maximum atomic E-state index is 12.0. The van der Waals surface area contributed by atoms with Gasteiger partial charge in [-0.1, -0.05) is 0 Å². The summed E-state index contributed by atoms with van der Waals surface area (Å²) in [6, 6.07) is 0.0818. The molecule has 0 amide bonds. The van der Waals surface area contributed by atoms with Crippen LogP contribution in [0.5, 0.6) is 0 Å². The number of nitrogens with one attached hydrogen (secondary N) is 2. The number of aliphatic hydroxyl groups is 1. The minimum atomic E-state index is -0.834. The van der Waals surface area contributed by atoms with Crippen molar-refractivity contribution in [1.82, 2.24) is 19.5 Å². The van der Waals surface area contributed by atoms with Crippen LogP contribution < -0.4 is 10.9 Å². The Labute approximate surface area is 90.2 Å². The molecule has 0 fully saturated rings. The number of nitrogens with zero attached hydrogens (tertiary/aromatic N) is 3. The van der Waals surface area contributed by atoms with Crippen molar-refractivity contribution in [2.75, 3.05) is 5.32 Å². The number of anilines is 1. The lowest BCUT2D eigenvalue weighted by molar-refractivity contribution is 0.0805. The van der Waals surface area contributed by atoms with Crippen LogP contribution in [0.3, 0.4) is 0 Å². The standard InChI is InChI=1S/C9H11N5O2/c1-4-2-5(15)14-8(16)6-7(11-3-10-6)13-9(14)12-4/h3-5,15H,2H2,1H3,(H,10,11)(H,12,13)/t4-,5-/m1/s1. The topological polar surface area (TPSA) is 95.8 Å². The van der Waals surface area contributed by atoms with Crippen LogP contribution in [0, 0.1) is 0 Å². The van der Waals surface area contributed by atoms with E-state index in [4.69, 9.17) is 0 Å². The number of fused-ring (bicyclic) bond motifs is 2. The zero-order chi connectivity index (χ0) is 11.3. The Morgan fingerprint density at radius 2 is 2.44 bits per heavy atom. The second-order valence-electron chi connectivity index (χ2n) is 3.97. The van der Waals surface area contributed by atoms with Gasteiger partial charge in [-0.2, -0.15) is 4.98 Å². The smallest absolute Gasteiger partial charge is 0.283 e. The fraction of sp³-hybridized carbons (Fsp3) is 0.444. The fourth-order valence-electron chi connectivity index (χ4n) is 1.98. The average molecular weight is 221 g/mol. The first kappa shape index (κ1) is 9.34. The lowest BCUT2D eigenvalue weighted by Crippen LogP contribution is -2.37. The predicted molar refractivity (Wildman–Crippen MR) is 57.1 cm³/mol. The van der Waals surface area contributed by atoms with Crippen molar-refractivity contribution < 1.29 is 5.11 Å². The molecule has 2 aromatic rings. The SMILES string of the molecule is C[C@@H]1C[C@@H](O)n2c(nc3nc[nH]c3c2=O)N1. The third kappa shape index (κ3) is 1.15. The van der Waals surface area contributed by atoms with Crippen molar-refractivity contribution in [2.24, 2.45) is 0 Å². The van der Waals surface area contributed by atoms with E-state index in [2.05, 4.69) is 20.3 Å². The van der Waals surface area contributed by atoms with Crippen molar-refractivity contribution in [3.05, 3.63) is 16.7 Å². The summed E-state index contributed by atoms with van der Waals surface area (Å²) in [6.07, 6.45) is 1.06. The molecule has 0 spiro atoms. The van der Waals surface area contributed by atoms with Gasteiger partial charge in [0.2, 0.25) is 5.95 Å². The van der Waals surface area contributed by atoms with E-state index in [1.54, 1.807) is 0 Å². The lowest BCUT2D eigenvalue weighted by Gasteiger charge is -2.28. The summed E-state index contributed by atoms with van der Waals surface area (Å²) in [5.74, 6) is 0.371. The molecule has 0 unspecified atom stereocenters. The maximum absolute atomic E-state index is 12.0. The van der Waals surface area contributed by atoms with Crippen LogP contribution in [-0.2, 0) is 0 Å².